The molecular formula is C9H17N3OS. The van der Waals surface area contributed by atoms with Gasteiger partial charge in [0.15, 0.2) is 0 Å². The number of anilines is 1. The molecule has 2 unspecified atom stereocenters. The van der Waals surface area contributed by atoms with Gasteiger partial charge in [0.05, 0.1) is 0 Å². The number of aryl methyl sites for hydroxylation is 1. The van der Waals surface area contributed by atoms with E-state index in [4.69, 9.17) is 5.11 Å². The Bertz CT molecular complexity index is 277. The van der Waals surface area contributed by atoms with Crippen molar-refractivity contribution in [2.45, 2.75) is 33.2 Å². The lowest BCUT2D eigenvalue weighted by atomic mass is 10.1. The van der Waals surface area contributed by atoms with Gasteiger partial charge < -0.3 is 10.4 Å². The zero-order chi connectivity index (χ0) is 10.6. The van der Waals surface area contributed by atoms with E-state index < -0.39 is 0 Å². The van der Waals surface area contributed by atoms with Crippen LogP contribution in [0.25, 0.3) is 0 Å². The molecule has 0 saturated heterocycles. The molecule has 0 saturated carbocycles. The molecule has 0 aliphatic carbocycles. The van der Waals surface area contributed by atoms with Gasteiger partial charge in [-0.25, -0.2) is 4.98 Å². The molecule has 14 heavy (non-hydrogen) atoms. The zero-order valence-electron chi connectivity index (χ0n) is 8.82. The lowest BCUT2D eigenvalue weighted by Gasteiger charge is -2.17. The first-order chi connectivity index (χ1) is 6.67. The summed E-state index contributed by atoms with van der Waals surface area (Å²) in [6.45, 7) is 6.26. The lowest BCUT2D eigenvalue weighted by Crippen LogP contribution is -2.26. The number of nitrogens with zero attached hydrogens (tertiary/aromatic N) is 2. The van der Waals surface area contributed by atoms with Crippen LogP contribution in [0.2, 0.25) is 0 Å². The second-order valence-corrected chi connectivity index (χ2v) is 4.21. The quantitative estimate of drug-likeness (QED) is 0.782. The number of aliphatic hydroxyl groups excluding tert-OH is 1. The Morgan fingerprint density at radius 2 is 2.21 bits per heavy atom. The molecule has 0 bridgehead atoms. The maximum absolute atomic E-state index is 8.96. The van der Waals surface area contributed by atoms with E-state index in [0.29, 0.717) is 0 Å². The molecule has 1 aromatic rings. The van der Waals surface area contributed by atoms with Crippen LogP contribution in [0.15, 0.2) is 0 Å². The highest BCUT2D eigenvalue weighted by Crippen LogP contribution is 2.15. The van der Waals surface area contributed by atoms with Gasteiger partial charge in [0.25, 0.3) is 0 Å². The fraction of sp³-hybridized carbons (Fsp3) is 0.778. The third kappa shape index (κ3) is 2.92. The summed E-state index contributed by atoms with van der Waals surface area (Å²) in [7, 11) is 0. The van der Waals surface area contributed by atoms with Gasteiger partial charge in [0, 0.05) is 30.6 Å². The SMILES string of the molecule is CCc1nsc(NC(C)C(C)CO)n1. The Labute approximate surface area is 88.6 Å². The van der Waals surface area contributed by atoms with Crippen molar-refractivity contribution in [3.63, 3.8) is 0 Å². The van der Waals surface area contributed by atoms with Crippen molar-refractivity contribution < 1.29 is 5.11 Å². The van der Waals surface area contributed by atoms with Gasteiger partial charge in [-0.2, -0.15) is 4.37 Å². The number of hydrogen-bond donors (Lipinski definition) is 2. The first kappa shape index (κ1) is 11.4. The Morgan fingerprint density at radius 1 is 1.50 bits per heavy atom. The summed E-state index contributed by atoms with van der Waals surface area (Å²) in [4.78, 5) is 4.30. The van der Waals surface area contributed by atoms with Gasteiger partial charge in [0.2, 0.25) is 5.13 Å². The normalized spacial score (nSPS) is 15.1. The molecule has 1 heterocycles. The molecule has 0 spiro atoms. The van der Waals surface area contributed by atoms with Crippen molar-refractivity contribution >= 4 is 16.7 Å². The summed E-state index contributed by atoms with van der Waals surface area (Å²) in [6, 6.07) is 0.220. The van der Waals surface area contributed by atoms with Crippen LogP contribution in [0.4, 0.5) is 5.13 Å². The van der Waals surface area contributed by atoms with Crippen LogP contribution in [-0.4, -0.2) is 27.1 Å². The molecule has 4 nitrogen and oxygen atoms in total. The topological polar surface area (TPSA) is 58.0 Å². The highest BCUT2D eigenvalue weighted by atomic mass is 32.1. The highest BCUT2D eigenvalue weighted by molar-refractivity contribution is 7.09. The number of rotatable bonds is 5. The molecule has 0 aromatic carbocycles. The van der Waals surface area contributed by atoms with Crippen molar-refractivity contribution in [2.75, 3.05) is 11.9 Å². The molecule has 0 amide bonds. The van der Waals surface area contributed by atoms with Crippen molar-refractivity contribution in [3.05, 3.63) is 5.82 Å². The van der Waals surface area contributed by atoms with Crippen molar-refractivity contribution in [3.8, 4) is 0 Å². The predicted octanol–water partition coefficient (Wildman–Crippen LogP) is 1.53. The van der Waals surface area contributed by atoms with Gasteiger partial charge in [-0.15, -0.1) is 0 Å². The van der Waals surface area contributed by atoms with Crippen LogP contribution in [0.5, 0.6) is 0 Å². The number of aliphatic hydroxyl groups is 1. The van der Waals surface area contributed by atoms with E-state index >= 15 is 0 Å². The number of nitrogens with one attached hydrogen (secondary N) is 1. The van der Waals surface area contributed by atoms with Crippen LogP contribution in [0.3, 0.4) is 0 Å². The number of aromatic nitrogens is 2. The summed E-state index contributed by atoms with van der Waals surface area (Å²) in [5.74, 6) is 1.10. The molecule has 1 aromatic heterocycles. The van der Waals surface area contributed by atoms with Gasteiger partial charge in [-0.05, 0) is 12.8 Å². The van der Waals surface area contributed by atoms with E-state index in [0.717, 1.165) is 17.4 Å². The molecule has 2 N–H and O–H groups in total. The fourth-order valence-electron chi connectivity index (χ4n) is 0.951. The van der Waals surface area contributed by atoms with Crippen LogP contribution in [0, 0.1) is 5.92 Å². The van der Waals surface area contributed by atoms with Crippen molar-refractivity contribution in [1.29, 1.82) is 0 Å². The molecule has 0 aliphatic rings. The third-order valence-electron chi connectivity index (χ3n) is 2.28. The van der Waals surface area contributed by atoms with E-state index in [2.05, 4.69) is 14.7 Å². The second kappa shape index (κ2) is 5.26. The Hall–Kier alpha value is -0.680. The predicted molar refractivity (Wildman–Crippen MR) is 58.6 cm³/mol. The minimum absolute atomic E-state index is 0.188. The molecule has 0 fully saturated rings. The molecule has 80 valence electrons. The standard InChI is InChI=1S/C9H17N3OS/c1-4-8-11-9(14-12-8)10-7(3)6(2)5-13/h6-7,13H,4-5H2,1-3H3,(H,10,11,12). The average Bonchev–Trinajstić information content (AvgIpc) is 2.64. The molecular weight excluding hydrogens is 198 g/mol. The largest absolute Gasteiger partial charge is 0.396 e. The van der Waals surface area contributed by atoms with Crippen LogP contribution < -0.4 is 5.32 Å². The zero-order valence-corrected chi connectivity index (χ0v) is 9.64. The minimum atomic E-state index is 0.188. The Kier molecular flexibility index (Phi) is 4.28. The summed E-state index contributed by atoms with van der Waals surface area (Å²) in [6.07, 6.45) is 0.863. The molecule has 2 atom stereocenters. The van der Waals surface area contributed by atoms with Gasteiger partial charge in [-0.1, -0.05) is 13.8 Å². The van der Waals surface area contributed by atoms with E-state index in [1.165, 1.54) is 11.5 Å². The van der Waals surface area contributed by atoms with Crippen molar-refractivity contribution in [1.82, 2.24) is 9.36 Å². The first-order valence-corrected chi connectivity index (χ1v) is 5.64. The monoisotopic (exact) mass is 215 g/mol. The smallest absolute Gasteiger partial charge is 0.202 e. The van der Waals surface area contributed by atoms with Crippen molar-refractivity contribution in [2.24, 2.45) is 5.92 Å². The summed E-state index contributed by atoms with van der Waals surface area (Å²) < 4.78 is 4.18. The van der Waals surface area contributed by atoms with Crippen LogP contribution in [-0.2, 0) is 6.42 Å². The Morgan fingerprint density at radius 3 is 2.71 bits per heavy atom. The van der Waals surface area contributed by atoms with E-state index in [9.17, 15) is 0 Å². The minimum Gasteiger partial charge on any atom is -0.396 e. The van der Waals surface area contributed by atoms with Gasteiger partial charge in [0.1, 0.15) is 5.82 Å². The van der Waals surface area contributed by atoms with E-state index in [1.54, 1.807) is 0 Å². The number of hydrogen-bond acceptors (Lipinski definition) is 5. The molecule has 1 rings (SSSR count). The lowest BCUT2D eigenvalue weighted by molar-refractivity contribution is 0.226. The molecule has 5 heteroatoms. The summed E-state index contributed by atoms with van der Waals surface area (Å²) in [5.41, 5.74) is 0. The molecule has 0 aliphatic heterocycles. The summed E-state index contributed by atoms with van der Waals surface area (Å²) in [5, 5.41) is 13.0. The van der Waals surface area contributed by atoms with Gasteiger partial charge >= 0.3 is 0 Å². The molecule has 0 radical (unpaired) electrons. The third-order valence-corrected chi connectivity index (χ3v) is 2.96. The maximum Gasteiger partial charge on any atom is 0.202 e. The van der Waals surface area contributed by atoms with Crippen LogP contribution >= 0.6 is 11.5 Å². The van der Waals surface area contributed by atoms with E-state index in [1.807, 2.05) is 20.8 Å². The second-order valence-electron chi connectivity index (χ2n) is 3.46. The average molecular weight is 215 g/mol. The fourth-order valence-corrected chi connectivity index (χ4v) is 1.70. The van der Waals surface area contributed by atoms with E-state index in [-0.39, 0.29) is 18.6 Å². The first-order valence-electron chi connectivity index (χ1n) is 4.87. The maximum atomic E-state index is 8.96. The van der Waals surface area contributed by atoms with Crippen LogP contribution in [0.1, 0.15) is 26.6 Å². The Balaban J connectivity index is 2.51. The van der Waals surface area contributed by atoms with Gasteiger partial charge in [-0.3, -0.25) is 0 Å². The highest BCUT2D eigenvalue weighted by Gasteiger charge is 2.12. The summed E-state index contributed by atoms with van der Waals surface area (Å²) >= 11 is 1.38.